The molecule has 1 aliphatic rings. The number of halogens is 3. The molecule has 12 heavy (non-hydrogen) atoms. The van der Waals surface area contributed by atoms with Gasteiger partial charge in [0.15, 0.2) is 5.78 Å². The van der Waals surface area contributed by atoms with E-state index in [1.807, 2.05) is 13.8 Å². The first kappa shape index (κ1) is 10.6. The van der Waals surface area contributed by atoms with Crippen LogP contribution in [0, 0.1) is 11.3 Å². The summed E-state index contributed by atoms with van der Waals surface area (Å²) in [4.78, 5) is 11.2. The molecule has 0 radical (unpaired) electrons. The second-order valence-corrected chi connectivity index (χ2v) is 5.46. The Morgan fingerprint density at radius 2 is 2.08 bits per heavy atom. The van der Waals surface area contributed by atoms with Crippen LogP contribution in [0.3, 0.4) is 0 Å². The first-order chi connectivity index (χ1) is 5.37. The molecular weight excluding hydrogens is 263 g/mol. The second kappa shape index (κ2) is 3.32. The minimum atomic E-state index is -0.330. The van der Waals surface area contributed by atoms with Gasteiger partial charge < -0.3 is 0 Å². The summed E-state index contributed by atoms with van der Waals surface area (Å²) < 4.78 is 0.227. The number of hydrogen-bond acceptors (Lipinski definition) is 1. The lowest BCUT2D eigenvalue weighted by molar-refractivity contribution is -0.138. The van der Waals surface area contributed by atoms with E-state index in [4.69, 9.17) is 23.2 Å². The Hall–Kier alpha value is 0.470. The molecule has 2 atom stereocenters. The van der Waals surface area contributed by atoms with Crippen molar-refractivity contribution in [3.05, 3.63) is 10.6 Å². The van der Waals surface area contributed by atoms with Gasteiger partial charge in [0.05, 0.1) is 4.83 Å². The van der Waals surface area contributed by atoms with E-state index in [-0.39, 0.29) is 26.4 Å². The van der Waals surface area contributed by atoms with Crippen molar-refractivity contribution in [3.63, 3.8) is 0 Å². The zero-order chi connectivity index (χ0) is 9.52. The number of ketones is 1. The number of allylic oxidation sites excluding steroid dienone is 1. The average molecular weight is 272 g/mol. The van der Waals surface area contributed by atoms with Gasteiger partial charge in [-0.15, -0.1) is 0 Å². The lowest BCUT2D eigenvalue weighted by Gasteiger charge is -2.45. The highest BCUT2D eigenvalue weighted by Crippen LogP contribution is 2.48. The number of rotatable bonds is 1. The van der Waals surface area contributed by atoms with Crippen LogP contribution in [0.2, 0.25) is 0 Å². The fraction of sp³-hybridized carbons (Fsp3) is 0.625. The third kappa shape index (κ3) is 1.57. The molecule has 1 nitrogen and oxygen atoms in total. The summed E-state index contributed by atoms with van der Waals surface area (Å²) >= 11 is 14.3. The predicted molar refractivity (Wildman–Crippen MR) is 54.8 cm³/mol. The van der Waals surface area contributed by atoms with Gasteiger partial charge in [-0.1, -0.05) is 53.0 Å². The maximum absolute atomic E-state index is 11.3. The van der Waals surface area contributed by atoms with Crippen molar-refractivity contribution < 1.29 is 4.79 Å². The smallest absolute Gasteiger partial charge is 0.153 e. The van der Waals surface area contributed by atoms with Crippen LogP contribution in [0.5, 0.6) is 0 Å². The van der Waals surface area contributed by atoms with Gasteiger partial charge >= 0.3 is 0 Å². The van der Waals surface area contributed by atoms with Gasteiger partial charge in [-0.05, 0) is 6.08 Å². The highest BCUT2D eigenvalue weighted by molar-refractivity contribution is 9.10. The Morgan fingerprint density at radius 3 is 2.42 bits per heavy atom. The predicted octanol–water partition coefficient (Wildman–Crippen LogP) is 3.29. The molecule has 0 aromatic rings. The van der Waals surface area contributed by atoms with Gasteiger partial charge in [-0.2, -0.15) is 0 Å². The average Bonchev–Trinajstić information content (AvgIpc) is 1.98. The van der Waals surface area contributed by atoms with E-state index < -0.39 is 0 Å². The first-order valence-electron chi connectivity index (χ1n) is 3.58. The molecule has 2 unspecified atom stereocenters. The number of Topliss-reactive ketones (excluding diaryl/α,β-unsaturated/α-hetero) is 1. The van der Waals surface area contributed by atoms with E-state index in [1.165, 1.54) is 0 Å². The zero-order valence-electron chi connectivity index (χ0n) is 6.77. The van der Waals surface area contributed by atoms with Crippen LogP contribution in [0.25, 0.3) is 0 Å². The Bertz CT molecular complexity index is 243. The first-order valence-corrected chi connectivity index (χ1v) is 5.25. The Labute approximate surface area is 90.2 Å². The van der Waals surface area contributed by atoms with Crippen molar-refractivity contribution in [2.24, 2.45) is 11.3 Å². The van der Waals surface area contributed by atoms with Crippen molar-refractivity contribution in [2.45, 2.75) is 18.7 Å². The van der Waals surface area contributed by atoms with Crippen LogP contribution < -0.4 is 0 Å². The Kier molecular flexibility index (Phi) is 2.92. The highest BCUT2D eigenvalue weighted by Gasteiger charge is 2.53. The Balaban J connectivity index is 2.81. The molecule has 0 bridgehead atoms. The van der Waals surface area contributed by atoms with Crippen LogP contribution in [-0.4, -0.2) is 10.6 Å². The maximum Gasteiger partial charge on any atom is 0.153 e. The van der Waals surface area contributed by atoms with Gasteiger partial charge in [0.1, 0.15) is 4.49 Å². The van der Waals surface area contributed by atoms with E-state index in [0.717, 1.165) is 0 Å². The number of carbonyl (C=O) groups is 1. The van der Waals surface area contributed by atoms with Gasteiger partial charge in [-0.25, -0.2) is 0 Å². The summed E-state index contributed by atoms with van der Waals surface area (Å²) in [6, 6.07) is 0. The van der Waals surface area contributed by atoms with Gasteiger partial charge in [0.25, 0.3) is 0 Å². The molecule has 0 aromatic carbocycles. The van der Waals surface area contributed by atoms with E-state index in [9.17, 15) is 4.79 Å². The summed E-state index contributed by atoms with van der Waals surface area (Å²) in [6.07, 6.45) is 1.71. The van der Waals surface area contributed by atoms with Crippen molar-refractivity contribution in [1.29, 1.82) is 0 Å². The summed E-state index contributed by atoms with van der Waals surface area (Å²) in [5.74, 6) is 0.313. The molecule has 1 fully saturated rings. The van der Waals surface area contributed by atoms with Gasteiger partial charge in [0.2, 0.25) is 0 Å². The molecule has 0 aliphatic heterocycles. The third-order valence-corrected chi connectivity index (χ3v) is 3.58. The molecule has 0 spiro atoms. The van der Waals surface area contributed by atoms with Crippen molar-refractivity contribution >= 4 is 44.9 Å². The monoisotopic (exact) mass is 270 g/mol. The minimum Gasteiger partial charge on any atom is -0.298 e. The van der Waals surface area contributed by atoms with Crippen molar-refractivity contribution in [2.75, 3.05) is 0 Å². The standard InChI is InChI=1S/C8H9BrCl2O/c1-8(2)4(3-5(10)11)6(9)7(8)12/h3-4,6H,1-2H3. The quantitative estimate of drug-likeness (QED) is 0.669. The summed E-state index contributed by atoms with van der Waals surface area (Å²) in [6.45, 7) is 3.79. The number of carbonyl (C=O) groups excluding carboxylic acids is 1. The Morgan fingerprint density at radius 1 is 1.58 bits per heavy atom. The SMILES string of the molecule is CC1(C)C(=O)C(Br)C1C=C(Cl)Cl. The fourth-order valence-corrected chi connectivity index (χ4v) is 3.06. The summed E-state index contributed by atoms with van der Waals surface area (Å²) in [5.41, 5.74) is -0.330. The molecule has 0 amide bonds. The van der Waals surface area contributed by atoms with E-state index in [1.54, 1.807) is 6.08 Å². The molecule has 0 saturated heterocycles. The molecule has 4 heteroatoms. The highest BCUT2D eigenvalue weighted by atomic mass is 79.9. The zero-order valence-corrected chi connectivity index (χ0v) is 9.87. The van der Waals surface area contributed by atoms with Crippen LogP contribution in [0.15, 0.2) is 10.6 Å². The van der Waals surface area contributed by atoms with Gasteiger partial charge in [0, 0.05) is 11.3 Å². The molecule has 0 heterocycles. The van der Waals surface area contributed by atoms with Crippen LogP contribution in [0.4, 0.5) is 0 Å². The molecule has 1 aliphatic carbocycles. The maximum atomic E-state index is 11.3. The summed E-state index contributed by atoms with van der Waals surface area (Å²) in [7, 11) is 0. The lowest BCUT2D eigenvalue weighted by atomic mass is 9.61. The molecule has 1 rings (SSSR count). The van der Waals surface area contributed by atoms with Crippen molar-refractivity contribution in [3.8, 4) is 0 Å². The minimum absolute atomic E-state index is 0.106. The number of hydrogen-bond donors (Lipinski definition) is 0. The van der Waals surface area contributed by atoms with Crippen LogP contribution in [-0.2, 0) is 4.79 Å². The third-order valence-electron chi connectivity index (χ3n) is 2.34. The number of alkyl halides is 1. The lowest BCUT2D eigenvalue weighted by Crippen LogP contribution is -2.54. The largest absolute Gasteiger partial charge is 0.298 e. The molecular formula is C8H9BrCl2O. The fourth-order valence-electron chi connectivity index (χ4n) is 1.38. The second-order valence-electron chi connectivity index (χ2n) is 3.47. The van der Waals surface area contributed by atoms with E-state index in [0.29, 0.717) is 0 Å². The normalized spacial score (nSPS) is 32.6. The molecule has 0 N–H and O–H groups in total. The van der Waals surface area contributed by atoms with E-state index in [2.05, 4.69) is 15.9 Å². The topological polar surface area (TPSA) is 17.1 Å². The summed E-state index contributed by atoms with van der Waals surface area (Å²) in [5, 5.41) is 0. The van der Waals surface area contributed by atoms with Crippen LogP contribution in [0.1, 0.15) is 13.8 Å². The van der Waals surface area contributed by atoms with E-state index >= 15 is 0 Å². The van der Waals surface area contributed by atoms with Crippen molar-refractivity contribution in [1.82, 2.24) is 0 Å². The molecule has 68 valence electrons. The van der Waals surface area contributed by atoms with Crippen LogP contribution >= 0.6 is 39.1 Å². The molecule has 0 aromatic heterocycles. The molecule has 1 saturated carbocycles. The van der Waals surface area contributed by atoms with Gasteiger partial charge in [-0.3, -0.25) is 4.79 Å².